The van der Waals surface area contributed by atoms with Gasteiger partial charge in [0, 0.05) is 37.9 Å². The number of ether oxygens (including phenoxy) is 1. The van der Waals surface area contributed by atoms with Crippen LogP contribution in [0.4, 0.5) is 23.2 Å². The quantitative estimate of drug-likeness (QED) is 0.469. The molecule has 8 nitrogen and oxygen atoms in total. The van der Waals surface area contributed by atoms with Gasteiger partial charge in [-0.2, -0.15) is 13.2 Å². The highest BCUT2D eigenvalue weighted by Gasteiger charge is 2.38. The van der Waals surface area contributed by atoms with E-state index in [9.17, 15) is 32.5 Å². The summed E-state index contributed by atoms with van der Waals surface area (Å²) in [4.78, 5) is 29.9. The number of alkyl halides is 3. The van der Waals surface area contributed by atoms with E-state index in [0.717, 1.165) is 18.2 Å². The summed E-state index contributed by atoms with van der Waals surface area (Å²) in [5, 5.41) is 20.6. The Morgan fingerprint density at radius 2 is 1.88 bits per heavy atom. The van der Waals surface area contributed by atoms with Crippen molar-refractivity contribution >= 4 is 17.6 Å². The zero-order valence-electron chi connectivity index (χ0n) is 13.2. The molecule has 0 saturated heterocycles. The Kier molecular flexibility index (Phi) is 6.86. The summed E-state index contributed by atoms with van der Waals surface area (Å²) in [6.07, 6.45) is -4.20. The van der Waals surface area contributed by atoms with Crippen LogP contribution in [-0.4, -0.2) is 40.2 Å². The molecule has 0 spiro atoms. The van der Waals surface area contributed by atoms with Crippen LogP contribution < -0.4 is 10.1 Å². The molecule has 2 N–H and O–H groups in total. The summed E-state index contributed by atoms with van der Waals surface area (Å²) in [7, 11) is 0. The van der Waals surface area contributed by atoms with Gasteiger partial charge in [0.1, 0.15) is 11.9 Å². The molecule has 0 bridgehead atoms. The molecule has 144 valence electrons. The fourth-order valence-corrected chi connectivity index (χ4v) is 1.98. The van der Waals surface area contributed by atoms with Crippen molar-refractivity contribution in [2.45, 2.75) is 38.1 Å². The van der Waals surface area contributed by atoms with Gasteiger partial charge in [-0.05, 0) is 6.07 Å². The van der Waals surface area contributed by atoms with Crippen LogP contribution in [0.2, 0.25) is 0 Å². The highest BCUT2D eigenvalue weighted by molar-refractivity contribution is 5.73. The van der Waals surface area contributed by atoms with Crippen LogP contribution in [0.5, 0.6) is 5.75 Å². The molecule has 1 aromatic rings. The topological polar surface area (TPSA) is 119 Å². The summed E-state index contributed by atoms with van der Waals surface area (Å²) in [6, 6.07) is 3.12. The number of halogens is 4. The van der Waals surface area contributed by atoms with E-state index in [2.05, 4.69) is 5.32 Å². The number of nitro benzene ring substituents is 1. The van der Waals surface area contributed by atoms with Crippen LogP contribution in [-0.2, 0) is 9.59 Å². The number of carbonyl (C=O) groups excluding carboxylic acids is 1. The van der Waals surface area contributed by atoms with E-state index in [1.165, 1.54) is 6.92 Å². The van der Waals surface area contributed by atoms with Crippen LogP contribution in [0.1, 0.15) is 19.8 Å². The molecule has 1 aliphatic carbocycles. The zero-order chi connectivity index (χ0) is 20.1. The third-order valence-corrected chi connectivity index (χ3v) is 3.16. The van der Waals surface area contributed by atoms with Gasteiger partial charge in [0.05, 0.1) is 4.92 Å². The number of carboxylic acid groups (broad SMARTS) is 1. The van der Waals surface area contributed by atoms with Crippen LogP contribution in [0.3, 0.4) is 0 Å². The summed E-state index contributed by atoms with van der Waals surface area (Å²) in [5.41, 5.74) is -0.260. The Hall–Kier alpha value is -2.92. The SMILES string of the molecule is CC(=O)NC1CC(Oc2cc(F)ccc2[N+](=O)[O-])C1.O=C(O)C(F)(F)F. The molecule has 2 rings (SSSR count). The number of benzene rings is 1. The molecule has 1 aliphatic rings. The number of nitrogens with zero attached hydrogens (tertiary/aromatic N) is 1. The highest BCUT2D eigenvalue weighted by atomic mass is 19.4. The lowest BCUT2D eigenvalue weighted by molar-refractivity contribution is -0.386. The van der Waals surface area contributed by atoms with Crippen LogP contribution >= 0.6 is 0 Å². The molecule has 0 aromatic heterocycles. The van der Waals surface area contributed by atoms with Crippen molar-refractivity contribution in [1.29, 1.82) is 0 Å². The Morgan fingerprint density at radius 3 is 2.31 bits per heavy atom. The fourth-order valence-electron chi connectivity index (χ4n) is 1.98. The maximum atomic E-state index is 13.1. The number of amides is 1. The predicted molar refractivity (Wildman–Crippen MR) is 78.0 cm³/mol. The lowest BCUT2D eigenvalue weighted by Crippen LogP contribution is -2.48. The second kappa shape index (κ2) is 8.45. The van der Waals surface area contributed by atoms with Gasteiger partial charge in [0.2, 0.25) is 5.91 Å². The first-order valence-corrected chi connectivity index (χ1v) is 7.08. The number of hydrogen-bond acceptors (Lipinski definition) is 5. The van der Waals surface area contributed by atoms with Crippen molar-refractivity contribution in [2.24, 2.45) is 0 Å². The molecule has 1 fully saturated rings. The minimum absolute atomic E-state index is 0.0233. The highest BCUT2D eigenvalue weighted by Crippen LogP contribution is 2.32. The van der Waals surface area contributed by atoms with E-state index in [4.69, 9.17) is 14.6 Å². The fraction of sp³-hybridized carbons (Fsp3) is 0.429. The lowest BCUT2D eigenvalue weighted by atomic mass is 9.89. The molecule has 1 saturated carbocycles. The van der Waals surface area contributed by atoms with Gasteiger partial charge in [0.25, 0.3) is 0 Å². The maximum Gasteiger partial charge on any atom is 0.490 e. The van der Waals surface area contributed by atoms with Crippen LogP contribution in [0.15, 0.2) is 18.2 Å². The summed E-state index contributed by atoms with van der Waals surface area (Å²) < 4.78 is 50.2. The Labute approximate surface area is 143 Å². The number of nitro groups is 1. The Bertz CT molecular complexity index is 689. The molecule has 0 atom stereocenters. The summed E-state index contributed by atoms with van der Waals surface area (Å²) in [6.45, 7) is 1.42. The molecule has 12 heteroatoms. The van der Waals surface area contributed by atoms with Crippen molar-refractivity contribution in [3.05, 3.63) is 34.1 Å². The molecular weight excluding hydrogens is 368 g/mol. The summed E-state index contributed by atoms with van der Waals surface area (Å²) in [5.74, 6) is -3.54. The van der Waals surface area contributed by atoms with Crippen LogP contribution in [0, 0.1) is 15.9 Å². The molecular formula is C14H14F4N2O6. The third-order valence-electron chi connectivity index (χ3n) is 3.16. The molecule has 26 heavy (non-hydrogen) atoms. The van der Waals surface area contributed by atoms with Gasteiger partial charge in [0.15, 0.2) is 5.75 Å². The molecule has 0 aliphatic heterocycles. The van der Waals surface area contributed by atoms with E-state index < -0.39 is 22.9 Å². The number of hydrogen-bond donors (Lipinski definition) is 2. The molecule has 1 aromatic carbocycles. The number of nitrogens with one attached hydrogen (secondary N) is 1. The van der Waals surface area contributed by atoms with E-state index >= 15 is 0 Å². The standard InChI is InChI=1S/C12H13FN2O4.C2HF3O2/c1-7(16)14-9-5-10(6-9)19-12-4-8(13)2-3-11(12)15(17)18;3-2(4,5)1(6)7/h2-4,9-10H,5-6H2,1H3,(H,14,16);(H,6,7). The van der Waals surface area contributed by atoms with Crippen molar-refractivity contribution in [2.75, 3.05) is 0 Å². The van der Waals surface area contributed by atoms with Gasteiger partial charge in [-0.3, -0.25) is 14.9 Å². The number of carboxylic acids is 1. The van der Waals surface area contributed by atoms with E-state index in [0.29, 0.717) is 12.8 Å². The summed E-state index contributed by atoms with van der Waals surface area (Å²) >= 11 is 0. The smallest absolute Gasteiger partial charge is 0.483 e. The average molecular weight is 382 g/mol. The Balaban J connectivity index is 0.000000412. The number of rotatable bonds is 4. The van der Waals surface area contributed by atoms with E-state index in [1.54, 1.807) is 0 Å². The van der Waals surface area contributed by atoms with Crippen LogP contribution in [0.25, 0.3) is 0 Å². The van der Waals surface area contributed by atoms with E-state index in [-0.39, 0.29) is 29.5 Å². The normalized spacial score (nSPS) is 18.7. The minimum Gasteiger partial charge on any atom is -0.483 e. The third kappa shape index (κ3) is 6.53. The largest absolute Gasteiger partial charge is 0.490 e. The molecule has 1 amide bonds. The van der Waals surface area contributed by atoms with Gasteiger partial charge >= 0.3 is 17.8 Å². The number of carbonyl (C=O) groups is 2. The average Bonchev–Trinajstić information content (AvgIpc) is 2.43. The second-order valence-electron chi connectivity index (χ2n) is 5.28. The number of aliphatic carboxylic acids is 1. The van der Waals surface area contributed by atoms with Gasteiger partial charge in [-0.1, -0.05) is 0 Å². The molecule has 0 radical (unpaired) electrons. The first kappa shape index (κ1) is 21.1. The van der Waals surface area contributed by atoms with Gasteiger partial charge < -0.3 is 15.2 Å². The minimum atomic E-state index is -5.08. The first-order valence-electron chi connectivity index (χ1n) is 7.08. The van der Waals surface area contributed by atoms with E-state index in [1.807, 2.05) is 0 Å². The lowest BCUT2D eigenvalue weighted by Gasteiger charge is -2.35. The van der Waals surface area contributed by atoms with Crippen molar-refractivity contribution in [3.63, 3.8) is 0 Å². The maximum absolute atomic E-state index is 13.1. The van der Waals surface area contributed by atoms with Gasteiger partial charge in [-0.15, -0.1) is 0 Å². The molecule has 0 heterocycles. The van der Waals surface area contributed by atoms with Crippen molar-refractivity contribution in [1.82, 2.24) is 5.32 Å². The molecule has 0 unspecified atom stereocenters. The van der Waals surface area contributed by atoms with Crippen molar-refractivity contribution < 1.29 is 41.9 Å². The Morgan fingerprint density at radius 1 is 1.35 bits per heavy atom. The van der Waals surface area contributed by atoms with Gasteiger partial charge in [-0.25, -0.2) is 9.18 Å². The monoisotopic (exact) mass is 382 g/mol. The van der Waals surface area contributed by atoms with Crippen molar-refractivity contribution in [3.8, 4) is 5.75 Å². The zero-order valence-corrected chi connectivity index (χ0v) is 13.2. The predicted octanol–water partition coefficient (Wildman–Crippen LogP) is 2.41. The second-order valence-corrected chi connectivity index (χ2v) is 5.28. The first-order chi connectivity index (χ1) is 11.9.